The highest BCUT2D eigenvalue weighted by Gasteiger charge is 2.53. The molecule has 23 heavy (non-hydrogen) atoms. The normalized spacial score (nSPS) is 14.6. The molecule has 0 aliphatic heterocycles. The average Bonchev–Trinajstić information content (AvgIpc) is 2.52. The number of nitro groups is 1. The zero-order valence-electron chi connectivity index (χ0n) is 11.7. The van der Waals surface area contributed by atoms with E-state index < -0.39 is 22.3 Å². The molecule has 0 heterocycles. The number of aliphatic hydroxyl groups is 1. The Morgan fingerprint density at radius 3 is 2.04 bits per heavy atom. The minimum Gasteiger partial charge on any atom is -0.373 e. The maximum absolute atomic E-state index is 13.3. The van der Waals surface area contributed by atoms with E-state index in [-0.39, 0.29) is 5.69 Å². The highest BCUT2D eigenvalue weighted by Crippen LogP contribution is 2.41. The molecule has 0 amide bonds. The Kier molecular flexibility index (Phi) is 4.51. The summed E-state index contributed by atoms with van der Waals surface area (Å²) in [4.78, 5) is 9.85. The van der Waals surface area contributed by atoms with Crippen molar-refractivity contribution >= 4 is 11.8 Å². The van der Waals surface area contributed by atoms with E-state index in [4.69, 9.17) is 0 Å². The zero-order chi connectivity index (χ0) is 17.1. The maximum Gasteiger partial charge on any atom is 0.425 e. The van der Waals surface area contributed by atoms with Gasteiger partial charge in [-0.2, -0.15) is 13.2 Å². The lowest BCUT2D eigenvalue weighted by Crippen LogP contribution is -2.40. The third kappa shape index (κ3) is 3.57. The predicted molar refractivity (Wildman–Crippen MR) is 78.5 cm³/mol. The summed E-state index contributed by atoms with van der Waals surface area (Å²) < 4.78 is 40.0. The lowest BCUT2D eigenvalue weighted by Gasteiger charge is -2.27. The molecule has 0 fully saturated rings. The topological polar surface area (TPSA) is 63.4 Å². The lowest BCUT2D eigenvalue weighted by molar-refractivity contribution is -0.384. The molecule has 4 nitrogen and oxygen atoms in total. The Morgan fingerprint density at radius 1 is 1.00 bits per heavy atom. The monoisotopic (exact) mass is 323 g/mol. The van der Waals surface area contributed by atoms with E-state index in [1.54, 1.807) is 30.3 Å². The van der Waals surface area contributed by atoms with Gasteiger partial charge in [0.15, 0.2) is 0 Å². The fourth-order valence-electron chi connectivity index (χ4n) is 1.97. The van der Waals surface area contributed by atoms with E-state index in [0.717, 1.165) is 30.3 Å². The molecule has 0 spiro atoms. The molecule has 0 saturated heterocycles. The number of hydrogen-bond acceptors (Lipinski definition) is 3. The Balaban J connectivity index is 2.43. The standard InChI is InChI=1S/C16H12F3NO3/c17-16(18,19)15(21,11-10-12-4-2-1-3-5-12)13-6-8-14(9-7-13)20(22)23/h1-11,21H. The molecular formula is C16H12F3NO3. The van der Waals surface area contributed by atoms with Crippen LogP contribution in [-0.2, 0) is 5.60 Å². The summed E-state index contributed by atoms with van der Waals surface area (Å²) in [5.41, 5.74) is -3.61. The molecule has 7 heteroatoms. The number of halogens is 3. The first-order chi connectivity index (χ1) is 10.7. The molecule has 0 aliphatic rings. The second-order valence-corrected chi connectivity index (χ2v) is 4.81. The summed E-state index contributed by atoms with van der Waals surface area (Å²) in [7, 11) is 0. The van der Waals surface area contributed by atoms with Gasteiger partial charge in [0.05, 0.1) is 4.92 Å². The SMILES string of the molecule is O=[N+]([O-])c1ccc(C(O)(C=Cc2ccccc2)C(F)(F)F)cc1. The van der Waals surface area contributed by atoms with Crippen molar-refractivity contribution in [3.8, 4) is 0 Å². The first-order valence-electron chi connectivity index (χ1n) is 6.52. The second-order valence-electron chi connectivity index (χ2n) is 4.81. The molecule has 2 aromatic carbocycles. The van der Waals surface area contributed by atoms with Gasteiger partial charge in [-0.05, 0) is 29.3 Å². The third-order valence-corrected chi connectivity index (χ3v) is 3.27. The fraction of sp³-hybridized carbons (Fsp3) is 0.125. The summed E-state index contributed by atoms with van der Waals surface area (Å²) in [6.45, 7) is 0. The van der Waals surface area contributed by atoms with Crippen molar-refractivity contribution < 1.29 is 23.2 Å². The van der Waals surface area contributed by atoms with Crippen LogP contribution in [0.4, 0.5) is 18.9 Å². The van der Waals surface area contributed by atoms with Crippen molar-refractivity contribution in [2.75, 3.05) is 0 Å². The van der Waals surface area contributed by atoms with Gasteiger partial charge in [0.2, 0.25) is 5.60 Å². The van der Waals surface area contributed by atoms with Crippen LogP contribution in [-0.4, -0.2) is 16.2 Å². The van der Waals surface area contributed by atoms with Crippen molar-refractivity contribution in [3.05, 3.63) is 81.9 Å². The lowest BCUT2D eigenvalue weighted by atomic mass is 9.91. The number of benzene rings is 2. The van der Waals surface area contributed by atoms with Gasteiger partial charge in [0, 0.05) is 12.1 Å². The second kappa shape index (κ2) is 6.21. The van der Waals surface area contributed by atoms with Crippen molar-refractivity contribution in [1.82, 2.24) is 0 Å². The molecule has 120 valence electrons. The van der Waals surface area contributed by atoms with Crippen LogP contribution in [0.5, 0.6) is 0 Å². The van der Waals surface area contributed by atoms with Crippen LogP contribution in [0, 0.1) is 10.1 Å². The Labute approximate surface area is 129 Å². The highest BCUT2D eigenvalue weighted by atomic mass is 19.4. The van der Waals surface area contributed by atoms with E-state index in [1.807, 2.05) is 0 Å². The summed E-state index contributed by atoms with van der Waals surface area (Å²) in [6.07, 6.45) is -3.20. The van der Waals surface area contributed by atoms with Gasteiger partial charge < -0.3 is 5.11 Å². The number of rotatable bonds is 4. The van der Waals surface area contributed by atoms with Crippen LogP contribution < -0.4 is 0 Å². The summed E-state index contributed by atoms with van der Waals surface area (Å²) >= 11 is 0. The van der Waals surface area contributed by atoms with Gasteiger partial charge >= 0.3 is 6.18 Å². The van der Waals surface area contributed by atoms with Crippen LogP contribution in [0.15, 0.2) is 60.7 Å². The maximum atomic E-state index is 13.3. The van der Waals surface area contributed by atoms with Gasteiger partial charge in [-0.1, -0.05) is 36.4 Å². The van der Waals surface area contributed by atoms with E-state index in [1.165, 1.54) is 0 Å². The molecule has 2 aromatic rings. The first-order valence-corrected chi connectivity index (χ1v) is 6.52. The molecule has 0 radical (unpaired) electrons. The van der Waals surface area contributed by atoms with Crippen LogP contribution in [0.25, 0.3) is 6.08 Å². The molecule has 1 atom stereocenters. The molecule has 0 aliphatic carbocycles. The quantitative estimate of drug-likeness (QED) is 0.682. The van der Waals surface area contributed by atoms with Gasteiger partial charge in [-0.25, -0.2) is 0 Å². The Morgan fingerprint density at radius 2 is 1.57 bits per heavy atom. The van der Waals surface area contributed by atoms with E-state index in [2.05, 4.69) is 0 Å². The van der Waals surface area contributed by atoms with E-state index in [0.29, 0.717) is 11.6 Å². The number of non-ortho nitro benzene ring substituents is 1. The van der Waals surface area contributed by atoms with Gasteiger partial charge in [-0.15, -0.1) is 0 Å². The average molecular weight is 323 g/mol. The van der Waals surface area contributed by atoms with Crippen LogP contribution in [0.3, 0.4) is 0 Å². The first kappa shape index (κ1) is 16.7. The minimum absolute atomic E-state index is 0.356. The largest absolute Gasteiger partial charge is 0.425 e. The predicted octanol–water partition coefficient (Wildman–Crippen LogP) is 4.06. The Hall–Kier alpha value is -2.67. The fourth-order valence-corrected chi connectivity index (χ4v) is 1.97. The number of hydrogen-bond donors (Lipinski definition) is 1. The molecule has 0 bridgehead atoms. The molecule has 1 N–H and O–H groups in total. The van der Waals surface area contributed by atoms with E-state index in [9.17, 15) is 28.4 Å². The number of nitro benzene ring substituents is 1. The zero-order valence-corrected chi connectivity index (χ0v) is 11.7. The van der Waals surface area contributed by atoms with Crippen LogP contribution in [0.2, 0.25) is 0 Å². The van der Waals surface area contributed by atoms with Gasteiger partial charge in [-0.3, -0.25) is 10.1 Å². The van der Waals surface area contributed by atoms with Gasteiger partial charge in [0.1, 0.15) is 0 Å². The molecular weight excluding hydrogens is 311 g/mol. The number of nitrogens with zero attached hydrogens (tertiary/aromatic N) is 1. The summed E-state index contributed by atoms with van der Waals surface area (Å²) in [5.74, 6) is 0. The number of alkyl halides is 3. The molecule has 0 aromatic heterocycles. The van der Waals surface area contributed by atoms with Crippen molar-refractivity contribution in [1.29, 1.82) is 0 Å². The summed E-state index contributed by atoms with van der Waals surface area (Å²) in [5, 5.41) is 20.7. The minimum atomic E-state index is -4.98. The summed E-state index contributed by atoms with van der Waals surface area (Å²) in [6, 6.07) is 11.8. The van der Waals surface area contributed by atoms with E-state index >= 15 is 0 Å². The third-order valence-electron chi connectivity index (χ3n) is 3.27. The smallest absolute Gasteiger partial charge is 0.373 e. The molecule has 0 saturated carbocycles. The van der Waals surface area contributed by atoms with Crippen molar-refractivity contribution in [2.45, 2.75) is 11.8 Å². The molecule has 2 rings (SSSR count). The van der Waals surface area contributed by atoms with Crippen molar-refractivity contribution in [3.63, 3.8) is 0 Å². The van der Waals surface area contributed by atoms with Crippen molar-refractivity contribution in [2.24, 2.45) is 0 Å². The van der Waals surface area contributed by atoms with Crippen LogP contribution >= 0.6 is 0 Å². The van der Waals surface area contributed by atoms with Gasteiger partial charge in [0.25, 0.3) is 5.69 Å². The molecule has 1 unspecified atom stereocenters. The Bertz CT molecular complexity index is 712. The highest BCUT2D eigenvalue weighted by molar-refractivity contribution is 5.52. The van der Waals surface area contributed by atoms with Crippen LogP contribution in [0.1, 0.15) is 11.1 Å².